The van der Waals surface area contributed by atoms with Crippen molar-refractivity contribution < 1.29 is 4.79 Å². The number of rotatable bonds is 5. The van der Waals surface area contributed by atoms with Crippen molar-refractivity contribution in [2.75, 3.05) is 11.4 Å². The number of hydrogen-bond acceptors (Lipinski definition) is 3. The smallest absolute Gasteiger partial charge is 0.239 e. The Morgan fingerprint density at radius 1 is 1.39 bits per heavy atom. The van der Waals surface area contributed by atoms with E-state index in [9.17, 15) is 4.79 Å². The zero-order valence-electron chi connectivity index (χ0n) is 10.7. The third-order valence-electron chi connectivity index (χ3n) is 2.55. The average molecular weight is 290 g/mol. The van der Waals surface area contributed by atoms with Crippen molar-refractivity contribution >= 4 is 34.8 Å². The molecule has 4 nitrogen and oxygen atoms in total. The molecule has 1 aromatic rings. The Kier molecular flexibility index (Phi) is 5.23. The average Bonchev–Trinajstić information content (AvgIpc) is 2.25. The molecule has 0 aromatic carbocycles. The minimum Gasteiger partial charge on any atom is -0.368 e. The molecular weight excluding hydrogens is 273 g/mol. The van der Waals surface area contributed by atoms with Crippen molar-refractivity contribution in [3.05, 3.63) is 22.4 Å². The first kappa shape index (κ1) is 15.1. The lowest BCUT2D eigenvalue weighted by Gasteiger charge is -2.31. The number of anilines is 1. The predicted molar refractivity (Wildman–Crippen MR) is 75.1 cm³/mol. The Balaban J connectivity index is 3.12. The number of nitrogens with two attached hydrogens (primary N) is 1. The first-order valence-corrected chi connectivity index (χ1v) is 6.46. The molecule has 0 spiro atoms. The van der Waals surface area contributed by atoms with Crippen LogP contribution in [0.5, 0.6) is 0 Å². The standard InChI is InChI=1S/C12H17Cl2N3O/c1-7(2)6-17(8(3)12(15)18)9-4-5-10(13)16-11(9)14/h4-5,7-8H,6H2,1-3H3,(H2,15,18)/t8-/m1/s1. The summed E-state index contributed by atoms with van der Waals surface area (Å²) in [6.07, 6.45) is 0. The van der Waals surface area contributed by atoms with Crippen LogP contribution in [-0.4, -0.2) is 23.5 Å². The zero-order valence-corrected chi connectivity index (χ0v) is 12.2. The molecule has 2 N–H and O–H groups in total. The van der Waals surface area contributed by atoms with Crippen LogP contribution in [0, 0.1) is 5.92 Å². The molecule has 0 saturated carbocycles. The van der Waals surface area contributed by atoms with E-state index in [4.69, 9.17) is 28.9 Å². The number of aromatic nitrogens is 1. The van der Waals surface area contributed by atoms with E-state index in [0.717, 1.165) is 0 Å². The molecule has 1 heterocycles. The number of carbonyl (C=O) groups is 1. The first-order chi connectivity index (χ1) is 8.32. The van der Waals surface area contributed by atoms with Crippen LogP contribution in [0.3, 0.4) is 0 Å². The van der Waals surface area contributed by atoms with Crippen LogP contribution in [0.1, 0.15) is 20.8 Å². The summed E-state index contributed by atoms with van der Waals surface area (Å²) in [4.78, 5) is 17.2. The maximum Gasteiger partial charge on any atom is 0.239 e. The van der Waals surface area contributed by atoms with Crippen molar-refractivity contribution in [1.29, 1.82) is 0 Å². The second-order valence-corrected chi connectivity index (χ2v) is 5.31. The molecule has 1 amide bonds. The van der Waals surface area contributed by atoms with Crippen LogP contribution in [0.2, 0.25) is 10.3 Å². The van der Waals surface area contributed by atoms with Gasteiger partial charge in [0.15, 0.2) is 5.15 Å². The number of pyridine rings is 1. The maximum atomic E-state index is 11.4. The van der Waals surface area contributed by atoms with Gasteiger partial charge in [0.2, 0.25) is 5.91 Å². The van der Waals surface area contributed by atoms with Gasteiger partial charge in [-0.1, -0.05) is 37.0 Å². The lowest BCUT2D eigenvalue weighted by atomic mass is 10.1. The minimum atomic E-state index is -0.451. The summed E-state index contributed by atoms with van der Waals surface area (Å²) in [6.45, 7) is 6.51. The number of amides is 1. The molecular formula is C12H17Cl2N3O. The number of hydrogen-bond donors (Lipinski definition) is 1. The number of primary amides is 1. The summed E-state index contributed by atoms with van der Waals surface area (Å²) < 4.78 is 0. The van der Waals surface area contributed by atoms with E-state index in [2.05, 4.69) is 18.8 Å². The highest BCUT2D eigenvalue weighted by Gasteiger charge is 2.22. The fraction of sp³-hybridized carbons (Fsp3) is 0.500. The van der Waals surface area contributed by atoms with Gasteiger partial charge in [0, 0.05) is 6.54 Å². The molecule has 0 aliphatic rings. The fourth-order valence-electron chi connectivity index (χ4n) is 1.63. The fourth-order valence-corrected chi connectivity index (χ4v) is 2.08. The van der Waals surface area contributed by atoms with Crippen molar-refractivity contribution in [3.63, 3.8) is 0 Å². The van der Waals surface area contributed by atoms with Gasteiger partial charge in [-0.05, 0) is 25.0 Å². The van der Waals surface area contributed by atoms with Gasteiger partial charge in [-0.15, -0.1) is 0 Å². The summed E-state index contributed by atoms with van der Waals surface area (Å²) in [7, 11) is 0. The summed E-state index contributed by atoms with van der Waals surface area (Å²) >= 11 is 11.8. The zero-order chi connectivity index (χ0) is 13.9. The van der Waals surface area contributed by atoms with Gasteiger partial charge in [0.05, 0.1) is 5.69 Å². The number of nitrogens with zero attached hydrogens (tertiary/aromatic N) is 2. The quantitative estimate of drug-likeness (QED) is 0.848. The number of halogens is 2. The Morgan fingerprint density at radius 3 is 2.44 bits per heavy atom. The third-order valence-corrected chi connectivity index (χ3v) is 3.03. The van der Waals surface area contributed by atoms with Gasteiger partial charge in [-0.2, -0.15) is 0 Å². The lowest BCUT2D eigenvalue weighted by molar-refractivity contribution is -0.119. The minimum absolute atomic E-state index is 0.274. The Hall–Kier alpha value is -1.00. The molecule has 0 bridgehead atoms. The second kappa shape index (κ2) is 6.25. The van der Waals surface area contributed by atoms with E-state index in [1.54, 1.807) is 19.1 Å². The van der Waals surface area contributed by atoms with Crippen molar-refractivity contribution in [2.45, 2.75) is 26.8 Å². The van der Waals surface area contributed by atoms with Gasteiger partial charge in [0.1, 0.15) is 11.2 Å². The van der Waals surface area contributed by atoms with Crippen molar-refractivity contribution in [3.8, 4) is 0 Å². The molecule has 18 heavy (non-hydrogen) atoms. The highest BCUT2D eigenvalue weighted by molar-refractivity contribution is 6.34. The highest BCUT2D eigenvalue weighted by Crippen LogP contribution is 2.27. The van der Waals surface area contributed by atoms with Crippen LogP contribution in [-0.2, 0) is 4.79 Å². The van der Waals surface area contributed by atoms with Crippen LogP contribution >= 0.6 is 23.2 Å². The van der Waals surface area contributed by atoms with Crippen molar-refractivity contribution in [2.24, 2.45) is 11.7 Å². The molecule has 0 aliphatic carbocycles. The van der Waals surface area contributed by atoms with E-state index in [0.29, 0.717) is 23.3 Å². The van der Waals surface area contributed by atoms with Gasteiger partial charge in [0.25, 0.3) is 0 Å². The molecule has 1 rings (SSSR count). The molecule has 0 fully saturated rings. The Morgan fingerprint density at radius 2 is 2.00 bits per heavy atom. The monoisotopic (exact) mass is 289 g/mol. The van der Waals surface area contributed by atoms with Crippen LogP contribution in [0.15, 0.2) is 12.1 Å². The van der Waals surface area contributed by atoms with Crippen LogP contribution < -0.4 is 10.6 Å². The van der Waals surface area contributed by atoms with Gasteiger partial charge in [-0.3, -0.25) is 4.79 Å². The first-order valence-electron chi connectivity index (χ1n) is 5.71. The van der Waals surface area contributed by atoms with E-state index in [-0.39, 0.29) is 5.15 Å². The van der Waals surface area contributed by atoms with Crippen LogP contribution in [0.25, 0.3) is 0 Å². The largest absolute Gasteiger partial charge is 0.368 e. The second-order valence-electron chi connectivity index (χ2n) is 4.57. The summed E-state index contributed by atoms with van der Waals surface area (Å²) in [5, 5.41) is 0.594. The van der Waals surface area contributed by atoms with E-state index in [1.807, 2.05) is 4.90 Å². The lowest BCUT2D eigenvalue weighted by Crippen LogP contribution is -2.44. The molecule has 0 saturated heterocycles. The molecule has 1 aromatic heterocycles. The summed E-state index contributed by atoms with van der Waals surface area (Å²) in [6, 6.07) is 2.94. The maximum absolute atomic E-state index is 11.4. The van der Waals surface area contributed by atoms with Gasteiger partial charge >= 0.3 is 0 Å². The SMILES string of the molecule is CC(C)CN(c1ccc(Cl)nc1Cl)[C@H](C)C(N)=O. The van der Waals surface area contributed by atoms with Crippen molar-refractivity contribution in [1.82, 2.24) is 4.98 Å². The molecule has 0 unspecified atom stereocenters. The topological polar surface area (TPSA) is 59.2 Å². The third kappa shape index (κ3) is 3.75. The van der Waals surface area contributed by atoms with Gasteiger partial charge in [-0.25, -0.2) is 4.98 Å². The highest BCUT2D eigenvalue weighted by atomic mass is 35.5. The van der Waals surface area contributed by atoms with Gasteiger partial charge < -0.3 is 10.6 Å². The predicted octanol–water partition coefficient (Wildman–Crippen LogP) is 2.72. The molecule has 0 radical (unpaired) electrons. The number of carbonyl (C=O) groups excluding carboxylic acids is 1. The molecule has 100 valence electrons. The molecule has 6 heteroatoms. The van der Waals surface area contributed by atoms with Crippen LogP contribution in [0.4, 0.5) is 5.69 Å². The molecule has 0 aliphatic heterocycles. The van der Waals surface area contributed by atoms with E-state index < -0.39 is 11.9 Å². The Bertz CT molecular complexity index is 437. The Labute approximate surface area is 117 Å². The summed E-state index contributed by atoms with van der Waals surface area (Å²) in [5.74, 6) is -0.0415. The van der Waals surface area contributed by atoms with E-state index >= 15 is 0 Å². The summed E-state index contributed by atoms with van der Waals surface area (Å²) in [5.41, 5.74) is 6.03. The normalized spacial score (nSPS) is 12.6. The molecule has 1 atom stereocenters. The van der Waals surface area contributed by atoms with E-state index in [1.165, 1.54) is 0 Å².